The van der Waals surface area contributed by atoms with Crippen LogP contribution in [0.3, 0.4) is 0 Å². The first-order valence-corrected chi connectivity index (χ1v) is 19.4. The lowest BCUT2D eigenvalue weighted by atomic mass is 10.1. The molecule has 0 radical (unpaired) electrons. The third-order valence-electron chi connectivity index (χ3n) is 9.02. The Morgan fingerprint density at radius 1 is 1.18 bits per heavy atom. The summed E-state index contributed by atoms with van der Waals surface area (Å²) < 4.78 is 39.1. The Morgan fingerprint density at radius 2 is 1.88 bits per heavy atom. The molecule has 2 aromatic rings. The number of nitrogens with zero attached hydrogens (tertiary/aromatic N) is 3. The molecule has 1 saturated heterocycles. The maximum absolute atomic E-state index is 14.1. The first-order chi connectivity index (χ1) is 24.1. The highest BCUT2D eigenvalue weighted by Crippen LogP contribution is 2.46. The van der Waals surface area contributed by atoms with Gasteiger partial charge in [-0.15, -0.1) is 18.3 Å². The van der Waals surface area contributed by atoms with Crippen LogP contribution in [0.4, 0.5) is 4.79 Å². The van der Waals surface area contributed by atoms with E-state index < -0.39 is 80.9 Å². The van der Waals surface area contributed by atoms with Crippen molar-refractivity contribution in [2.45, 2.75) is 87.5 Å². The Morgan fingerprint density at radius 3 is 2.47 bits per heavy atom. The fraction of sp³-hybridized carbons (Fsp3) is 0.529. The van der Waals surface area contributed by atoms with Gasteiger partial charge in [-0.05, 0) is 58.6 Å². The van der Waals surface area contributed by atoms with Gasteiger partial charge in [0.05, 0.1) is 29.4 Å². The van der Waals surface area contributed by atoms with Gasteiger partial charge < -0.3 is 30.1 Å². The van der Waals surface area contributed by atoms with Crippen molar-refractivity contribution < 1.29 is 42.2 Å². The smallest absolute Gasteiger partial charge is 0.408 e. The van der Waals surface area contributed by atoms with Crippen LogP contribution in [0.1, 0.15) is 58.6 Å². The van der Waals surface area contributed by atoms with E-state index in [1.54, 1.807) is 38.6 Å². The Bertz CT molecular complexity index is 1890. The second-order valence-electron chi connectivity index (χ2n) is 14.1. The van der Waals surface area contributed by atoms with Crippen LogP contribution in [0, 0.1) is 5.92 Å². The number of para-hydroxylation sites is 2. The number of hydrogen-bond donors (Lipinski definition) is 4. The Kier molecular flexibility index (Phi) is 10.1. The van der Waals surface area contributed by atoms with E-state index in [0.29, 0.717) is 29.6 Å². The van der Waals surface area contributed by atoms with E-state index in [-0.39, 0.29) is 25.3 Å². The van der Waals surface area contributed by atoms with Gasteiger partial charge in [0.15, 0.2) is 0 Å². The monoisotopic (exact) mass is 742 g/mol. The van der Waals surface area contributed by atoms with Gasteiger partial charge in [-0.2, -0.15) is 0 Å². The molecule has 274 valence electrons. The highest BCUT2D eigenvalue weighted by molar-refractivity contribution is 8.08. The number of alkyl carbamates (subject to hydrolysis) is 1. The van der Waals surface area contributed by atoms with Gasteiger partial charge >= 0.3 is 6.09 Å². The number of allylic oxidation sites excluding steroid dienone is 1. The lowest BCUT2D eigenvalue weighted by Crippen LogP contribution is -2.59. The van der Waals surface area contributed by atoms with Crippen molar-refractivity contribution in [1.82, 2.24) is 30.2 Å². The lowest BCUT2D eigenvalue weighted by molar-refractivity contribution is -0.141. The van der Waals surface area contributed by atoms with Crippen LogP contribution in [0.5, 0.6) is 5.88 Å². The number of ether oxygens (including phenoxy) is 2. The topological polar surface area (TPSA) is 206 Å². The molecule has 2 saturated carbocycles. The summed E-state index contributed by atoms with van der Waals surface area (Å²) in [5, 5.41) is 14.6. The largest absolute Gasteiger partial charge is 0.471 e. The number of thioether (sulfide) groups is 1. The summed E-state index contributed by atoms with van der Waals surface area (Å²) in [6.07, 6.45) is 3.54. The van der Waals surface area contributed by atoms with E-state index >= 15 is 0 Å². The molecular weight excluding hydrogens is 701 g/mol. The minimum absolute atomic E-state index is 0.0564. The molecule has 3 fully saturated rings. The number of amides is 4. The average Bonchev–Trinajstić information content (AvgIpc) is 3.95. The van der Waals surface area contributed by atoms with Crippen molar-refractivity contribution in [2.75, 3.05) is 18.9 Å². The molecule has 0 bridgehead atoms. The maximum Gasteiger partial charge on any atom is 0.408 e. The predicted octanol–water partition coefficient (Wildman–Crippen LogP) is 2.01. The summed E-state index contributed by atoms with van der Waals surface area (Å²) in [5.41, 5.74) is -0.702. The maximum atomic E-state index is 14.1. The van der Waals surface area contributed by atoms with Gasteiger partial charge in [-0.1, -0.05) is 24.3 Å². The van der Waals surface area contributed by atoms with Crippen LogP contribution < -0.4 is 20.1 Å². The minimum atomic E-state index is -3.92. The van der Waals surface area contributed by atoms with Gasteiger partial charge in [0, 0.05) is 23.0 Å². The van der Waals surface area contributed by atoms with Crippen molar-refractivity contribution in [3.8, 4) is 5.88 Å². The van der Waals surface area contributed by atoms with Crippen molar-refractivity contribution in [2.24, 2.45) is 5.92 Å². The van der Waals surface area contributed by atoms with E-state index in [1.807, 2.05) is 24.3 Å². The Hall–Kier alpha value is -4.22. The number of rotatable bonds is 12. The van der Waals surface area contributed by atoms with Gasteiger partial charge in [-0.25, -0.2) is 23.2 Å². The number of aliphatic hydroxyl groups excluding tert-OH is 1. The molecule has 6 rings (SSSR count). The van der Waals surface area contributed by atoms with Gasteiger partial charge in [0.25, 0.3) is 5.91 Å². The van der Waals surface area contributed by atoms with E-state index in [9.17, 15) is 32.7 Å². The van der Waals surface area contributed by atoms with E-state index in [4.69, 9.17) is 19.4 Å². The van der Waals surface area contributed by atoms with Crippen molar-refractivity contribution in [3.63, 3.8) is 0 Å². The molecule has 1 aromatic carbocycles. The second kappa shape index (κ2) is 14.1. The number of aliphatic hydroxyl groups is 1. The van der Waals surface area contributed by atoms with Crippen molar-refractivity contribution in [1.29, 1.82) is 0 Å². The van der Waals surface area contributed by atoms with Crippen LogP contribution >= 0.6 is 11.8 Å². The predicted molar refractivity (Wildman–Crippen MR) is 189 cm³/mol. The Balaban J connectivity index is 1.28. The molecule has 0 spiro atoms. The molecular formula is C34H42N6O9S2. The fourth-order valence-corrected chi connectivity index (χ4v) is 8.52. The number of nitrogens with one attached hydrogen (secondary N) is 3. The lowest BCUT2D eigenvalue weighted by Gasteiger charge is -2.29. The van der Waals surface area contributed by atoms with E-state index in [1.165, 1.54) is 11.0 Å². The van der Waals surface area contributed by atoms with Crippen molar-refractivity contribution in [3.05, 3.63) is 48.7 Å². The first-order valence-electron chi connectivity index (χ1n) is 16.8. The fourth-order valence-electron chi connectivity index (χ4n) is 6.20. The number of benzene rings is 1. The zero-order valence-corrected chi connectivity index (χ0v) is 30.2. The molecule has 0 unspecified atom stereocenters. The highest BCUT2D eigenvalue weighted by atomic mass is 32.2. The summed E-state index contributed by atoms with van der Waals surface area (Å²) in [7, 11) is -3.92. The number of likely N-dealkylation sites (tertiary alicyclic amines) is 1. The molecule has 4 aliphatic rings. The molecule has 2 aliphatic heterocycles. The zero-order valence-electron chi connectivity index (χ0n) is 28.6. The van der Waals surface area contributed by atoms with Gasteiger partial charge in [0.1, 0.15) is 35.0 Å². The third-order valence-corrected chi connectivity index (χ3v) is 12.0. The summed E-state index contributed by atoms with van der Waals surface area (Å²) in [5.74, 6) is -1.89. The molecule has 3 heterocycles. The first kappa shape index (κ1) is 36.6. The van der Waals surface area contributed by atoms with Crippen molar-refractivity contribution >= 4 is 61.5 Å². The number of fused-ring (bicyclic) bond motifs is 1. The number of carbonyl (C=O) groups is 4. The standard InChI is InChI=1S/C34H42N6O9S2/c1-5-19-16-34(19,31(44)39-51(46,47)21-12-13-21)38-28(42)25-15-20(17-40(25)30(43)24(18-41)37-32(45)49-33(2,3)4)48-29-27(26-11-8-14-50-26)35-22-9-6-7-10-23(22)36-29/h5-7,9-11,19-21,24-25,41H,1,8,12-18H2,2-4H3,(H,37,45)(H,38,42)(H,39,44)/t19-,20-,24+,25+,34-/m1/s1. The normalized spacial score (nSPS) is 25.1. The zero-order chi connectivity index (χ0) is 36.7. The Labute approximate surface area is 300 Å². The summed E-state index contributed by atoms with van der Waals surface area (Å²) >= 11 is 1.61. The third kappa shape index (κ3) is 7.99. The number of aromatic nitrogens is 2. The van der Waals surface area contributed by atoms with Crippen LogP contribution in [0.2, 0.25) is 0 Å². The molecule has 17 heteroatoms. The molecule has 4 N–H and O–H groups in total. The van der Waals surface area contributed by atoms with E-state index in [0.717, 1.165) is 17.1 Å². The number of hydrogen-bond acceptors (Lipinski definition) is 12. The molecule has 5 atom stereocenters. The minimum Gasteiger partial charge on any atom is -0.471 e. The van der Waals surface area contributed by atoms with Crippen LogP contribution in [0.15, 0.2) is 43.0 Å². The van der Waals surface area contributed by atoms with E-state index in [2.05, 4.69) is 21.9 Å². The summed E-state index contributed by atoms with van der Waals surface area (Å²) in [4.78, 5) is 65.7. The SMILES string of the molecule is C=C[C@@H]1C[C@]1(NC(=O)[C@@H]1C[C@@H](Oc2nc3ccccc3nc2C2=CCCS2)CN1C(=O)[C@H](CO)NC(=O)OC(C)(C)C)C(=O)NS(=O)(=O)C1CC1. The molecule has 51 heavy (non-hydrogen) atoms. The van der Waals surface area contributed by atoms with Crippen LogP contribution in [-0.2, 0) is 29.1 Å². The number of carbonyl (C=O) groups excluding carboxylic acids is 4. The highest BCUT2D eigenvalue weighted by Gasteiger charge is 2.62. The summed E-state index contributed by atoms with van der Waals surface area (Å²) in [6, 6.07) is 4.59. The average molecular weight is 743 g/mol. The van der Waals surface area contributed by atoms with Gasteiger partial charge in [0.2, 0.25) is 27.7 Å². The molecule has 4 amide bonds. The van der Waals surface area contributed by atoms with Crippen LogP contribution in [0.25, 0.3) is 15.9 Å². The van der Waals surface area contributed by atoms with Gasteiger partial charge in [-0.3, -0.25) is 19.1 Å². The van der Waals surface area contributed by atoms with Crippen LogP contribution in [-0.4, -0.2) is 106 Å². The second-order valence-corrected chi connectivity index (χ2v) is 17.2. The summed E-state index contributed by atoms with van der Waals surface area (Å²) in [6.45, 7) is 7.72. The molecule has 15 nitrogen and oxygen atoms in total. The molecule has 1 aromatic heterocycles. The molecule has 2 aliphatic carbocycles. The number of sulfonamides is 1. The quantitative estimate of drug-likeness (QED) is 0.231.